The molecule has 0 spiro atoms. The zero-order valence-corrected chi connectivity index (χ0v) is 10.8. The van der Waals surface area contributed by atoms with E-state index in [1.54, 1.807) is 6.92 Å². The van der Waals surface area contributed by atoms with Gasteiger partial charge in [-0.3, -0.25) is 9.59 Å². The summed E-state index contributed by atoms with van der Waals surface area (Å²) in [5.74, 6) is 0.588. The molecule has 1 aliphatic carbocycles. The first kappa shape index (κ1) is 12.2. The molecule has 0 saturated heterocycles. The third-order valence-corrected chi connectivity index (χ3v) is 4.04. The van der Waals surface area contributed by atoms with E-state index in [2.05, 4.69) is 0 Å². The first-order valence-corrected chi connectivity index (χ1v) is 6.63. The fourth-order valence-electron chi connectivity index (χ4n) is 3.13. The molecule has 4 heteroatoms. The van der Waals surface area contributed by atoms with Crippen LogP contribution < -0.4 is 4.74 Å². The van der Waals surface area contributed by atoms with Gasteiger partial charge in [0.05, 0.1) is 6.61 Å². The van der Waals surface area contributed by atoms with Crippen molar-refractivity contribution in [2.45, 2.75) is 37.7 Å². The third kappa shape index (κ3) is 1.66. The molecule has 1 fully saturated rings. The van der Waals surface area contributed by atoms with Crippen LogP contribution in [0, 0.1) is 0 Å². The largest absolute Gasteiger partial charge is 0.488 e. The molecule has 1 aliphatic heterocycles. The molecule has 0 bridgehead atoms. The van der Waals surface area contributed by atoms with Crippen molar-refractivity contribution in [3.05, 3.63) is 29.8 Å². The lowest BCUT2D eigenvalue weighted by molar-refractivity contribution is -0.155. The molecule has 0 aromatic heterocycles. The SMILES string of the molecule is CCOC(=O)C12CCC(=O)CC1Oc1ccccc12. The number of carbonyl (C=O) groups is 2. The van der Waals surface area contributed by atoms with Gasteiger partial charge < -0.3 is 9.47 Å². The van der Waals surface area contributed by atoms with Crippen LogP contribution in [0.1, 0.15) is 31.7 Å². The first-order valence-electron chi connectivity index (χ1n) is 6.63. The highest BCUT2D eigenvalue weighted by Crippen LogP contribution is 2.50. The van der Waals surface area contributed by atoms with E-state index in [0.717, 1.165) is 5.56 Å². The number of ether oxygens (including phenoxy) is 2. The highest BCUT2D eigenvalue weighted by molar-refractivity contribution is 5.91. The molecule has 1 saturated carbocycles. The summed E-state index contributed by atoms with van der Waals surface area (Å²) in [6.45, 7) is 2.13. The lowest BCUT2D eigenvalue weighted by Crippen LogP contribution is -2.50. The zero-order valence-electron chi connectivity index (χ0n) is 10.8. The van der Waals surface area contributed by atoms with Crippen LogP contribution in [0.25, 0.3) is 0 Å². The Balaban J connectivity index is 2.09. The van der Waals surface area contributed by atoms with Gasteiger partial charge in [0.2, 0.25) is 0 Å². The van der Waals surface area contributed by atoms with Gasteiger partial charge in [0, 0.05) is 18.4 Å². The van der Waals surface area contributed by atoms with Crippen LogP contribution in [0.2, 0.25) is 0 Å². The predicted molar refractivity (Wildman–Crippen MR) is 68.0 cm³/mol. The Hall–Kier alpha value is -1.84. The predicted octanol–water partition coefficient (Wildman–Crippen LogP) is 2.00. The molecule has 100 valence electrons. The second kappa shape index (κ2) is 4.37. The van der Waals surface area contributed by atoms with Crippen molar-refractivity contribution in [2.24, 2.45) is 0 Å². The molecular weight excluding hydrogens is 244 g/mol. The number of rotatable bonds is 2. The summed E-state index contributed by atoms with van der Waals surface area (Å²) in [5.41, 5.74) is 0.0755. The average molecular weight is 260 g/mol. The molecule has 1 aromatic carbocycles. The summed E-state index contributed by atoms with van der Waals surface area (Å²) in [6, 6.07) is 7.51. The van der Waals surface area contributed by atoms with E-state index in [1.165, 1.54) is 0 Å². The van der Waals surface area contributed by atoms with E-state index in [4.69, 9.17) is 9.47 Å². The van der Waals surface area contributed by atoms with Gasteiger partial charge in [0.1, 0.15) is 23.1 Å². The standard InChI is InChI=1S/C15H16O4/c1-2-18-14(17)15-8-7-10(16)9-13(15)19-12-6-4-3-5-11(12)15/h3-6,13H,2,7-9H2,1H3. The molecule has 2 unspecified atom stereocenters. The normalized spacial score (nSPS) is 28.3. The van der Waals surface area contributed by atoms with Crippen molar-refractivity contribution < 1.29 is 19.1 Å². The van der Waals surface area contributed by atoms with E-state index in [0.29, 0.717) is 25.2 Å². The first-order chi connectivity index (χ1) is 9.18. The molecule has 2 atom stereocenters. The van der Waals surface area contributed by atoms with Crippen molar-refractivity contribution in [3.63, 3.8) is 0 Å². The maximum absolute atomic E-state index is 12.5. The number of fused-ring (bicyclic) bond motifs is 3. The van der Waals surface area contributed by atoms with E-state index in [1.807, 2.05) is 24.3 Å². The highest BCUT2D eigenvalue weighted by Gasteiger charge is 2.58. The topological polar surface area (TPSA) is 52.6 Å². The lowest BCUT2D eigenvalue weighted by atomic mass is 9.68. The van der Waals surface area contributed by atoms with Crippen LogP contribution in [0.15, 0.2) is 24.3 Å². The van der Waals surface area contributed by atoms with E-state index >= 15 is 0 Å². The summed E-state index contributed by atoms with van der Waals surface area (Å²) in [6.07, 6.45) is 0.762. The molecule has 4 nitrogen and oxygen atoms in total. The van der Waals surface area contributed by atoms with Crippen molar-refractivity contribution in [1.29, 1.82) is 0 Å². The van der Waals surface area contributed by atoms with Gasteiger partial charge in [-0.2, -0.15) is 0 Å². The minimum absolute atomic E-state index is 0.151. The van der Waals surface area contributed by atoms with E-state index in [9.17, 15) is 9.59 Å². The van der Waals surface area contributed by atoms with Crippen molar-refractivity contribution in [1.82, 2.24) is 0 Å². The number of hydrogen-bond donors (Lipinski definition) is 0. The minimum Gasteiger partial charge on any atom is -0.488 e. The maximum Gasteiger partial charge on any atom is 0.320 e. The number of esters is 1. The monoisotopic (exact) mass is 260 g/mol. The summed E-state index contributed by atoms with van der Waals surface area (Å²) in [7, 11) is 0. The van der Waals surface area contributed by atoms with Crippen molar-refractivity contribution >= 4 is 11.8 Å². The van der Waals surface area contributed by atoms with Crippen LogP contribution in [-0.4, -0.2) is 24.5 Å². The van der Waals surface area contributed by atoms with Gasteiger partial charge in [-0.25, -0.2) is 0 Å². The van der Waals surface area contributed by atoms with Crippen molar-refractivity contribution in [3.8, 4) is 5.75 Å². The van der Waals surface area contributed by atoms with Crippen LogP contribution >= 0.6 is 0 Å². The third-order valence-electron chi connectivity index (χ3n) is 4.04. The summed E-state index contributed by atoms with van der Waals surface area (Å²) < 4.78 is 11.1. The number of Topliss-reactive ketones (excluding diaryl/α,β-unsaturated/α-hetero) is 1. The molecule has 1 aromatic rings. The minimum atomic E-state index is -0.791. The van der Waals surface area contributed by atoms with Gasteiger partial charge in [0.25, 0.3) is 0 Å². The molecule has 19 heavy (non-hydrogen) atoms. The number of carbonyl (C=O) groups excluding carboxylic acids is 2. The molecule has 0 radical (unpaired) electrons. The van der Waals surface area contributed by atoms with Crippen LogP contribution in [0.4, 0.5) is 0 Å². The van der Waals surface area contributed by atoms with Crippen molar-refractivity contribution in [2.75, 3.05) is 6.61 Å². The van der Waals surface area contributed by atoms with Crippen LogP contribution in [0.3, 0.4) is 0 Å². The summed E-state index contributed by atoms with van der Waals surface area (Å²) in [4.78, 5) is 24.1. The summed E-state index contributed by atoms with van der Waals surface area (Å²) >= 11 is 0. The summed E-state index contributed by atoms with van der Waals surface area (Å²) in [5, 5.41) is 0. The molecule has 1 heterocycles. The average Bonchev–Trinajstić information content (AvgIpc) is 2.73. The molecule has 3 rings (SSSR count). The quantitative estimate of drug-likeness (QED) is 0.763. The van der Waals surface area contributed by atoms with Gasteiger partial charge in [-0.05, 0) is 19.4 Å². The van der Waals surface area contributed by atoms with Crippen LogP contribution in [0.5, 0.6) is 5.75 Å². The fourth-order valence-corrected chi connectivity index (χ4v) is 3.13. The number of hydrogen-bond acceptors (Lipinski definition) is 4. The Kier molecular flexibility index (Phi) is 2.81. The molecule has 0 amide bonds. The van der Waals surface area contributed by atoms with Gasteiger partial charge in [-0.15, -0.1) is 0 Å². The molecule has 2 aliphatic rings. The second-order valence-corrected chi connectivity index (χ2v) is 5.04. The number of ketones is 1. The molecular formula is C15H16O4. The molecule has 0 N–H and O–H groups in total. The Morgan fingerprint density at radius 1 is 1.47 bits per heavy atom. The van der Waals surface area contributed by atoms with Gasteiger partial charge >= 0.3 is 5.97 Å². The van der Waals surface area contributed by atoms with Gasteiger partial charge in [-0.1, -0.05) is 18.2 Å². The smallest absolute Gasteiger partial charge is 0.320 e. The Morgan fingerprint density at radius 3 is 3.05 bits per heavy atom. The Labute approximate surface area is 111 Å². The number of benzene rings is 1. The zero-order chi connectivity index (χ0) is 13.5. The maximum atomic E-state index is 12.5. The Bertz CT molecular complexity index is 537. The highest BCUT2D eigenvalue weighted by atomic mass is 16.5. The Morgan fingerprint density at radius 2 is 2.26 bits per heavy atom. The van der Waals surface area contributed by atoms with E-state index < -0.39 is 11.5 Å². The van der Waals surface area contributed by atoms with E-state index in [-0.39, 0.29) is 18.2 Å². The van der Waals surface area contributed by atoms with Crippen LogP contribution in [-0.2, 0) is 19.7 Å². The lowest BCUT2D eigenvalue weighted by Gasteiger charge is -2.34. The van der Waals surface area contributed by atoms with Gasteiger partial charge in [0.15, 0.2) is 0 Å². The second-order valence-electron chi connectivity index (χ2n) is 5.04. The fraction of sp³-hybridized carbons (Fsp3) is 0.467. The number of para-hydroxylation sites is 1.